The Kier molecular flexibility index (Phi) is 7.20. The second-order valence-corrected chi connectivity index (χ2v) is 7.51. The number of carbonyl (C=O) groups is 2. The van der Waals surface area contributed by atoms with Crippen LogP contribution < -0.4 is 10.6 Å². The van der Waals surface area contributed by atoms with E-state index < -0.39 is 6.04 Å². The largest absolute Gasteiger partial charge is 0.374 e. The van der Waals surface area contributed by atoms with Crippen LogP contribution in [0, 0.1) is 5.92 Å². The van der Waals surface area contributed by atoms with Crippen LogP contribution in [-0.4, -0.2) is 61.6 Å². The molecule has 1 aromatic heterocycles. The second kappa shape index (κ2) is 9.15. The van der Waals surface area contributed by atoms with Crippen LogP contribution >= 0.6 is 11.3 Å². The Morgan fingerprint density at radius 2 is 2.21 bits per heavy atom. The molecule has 7 heteroatoms. The molecule has 2 rings (SSSR count). The molecule has 2 atom stereocenters. The first-order chi connectivity index (χ1) is 11.5. The molecule has 1 aliphatic heterocycles. The monoisotopic (exact) mass is 353 g/mol. The number of morpholine rings is 1. The summed E-state index contributed by atoms with van der Waals surface area (Å²) >= 11 is 1.36. The fourth-order valence-corrected chi connectivity index (χ4v) is 3.32. The van der Waals surface area contributed by atoms with Crippen molar-refractivity contribution in [2.24, 2.45) is 5.92 Å². The number of amides is 2. The molecule has 6 nitrogen and oxygen atoms in total. The molecule has 134 valence electrons. The van der Waals surface area contributed by atoms with E-state index in [1.165, 1.54) is 11.3 Å². The summed E-state index contributed by atoms with van der Waals surface area (Å²) in [6, 6.07) is 2.98. The van der Waals surface area contributed by atoms with Gasteiger partial charge in [0, 0.05) is 26.2 Å². The second-order valence-electron chi connectivity index (χ2n) is 6.56. The average molecular weight is 353 g/mol. The molecule has 1 fully saturated rings. The fourth-order valence-electron chi connectivity index (χ4n) is 2.69. The molecule has 1 saturated heterocycles. The summed E-state index contributed by atoms with van der Waals surface area (Å²) in [5, 5.41) is 7.42. The lowest BCUT2D eigenvalue weighted by Gasteiger charge is -2.34. The maximum absolute atomic E-state index is 12.2. The molecule has 2 unspecified atom stereocenters. The predicted molar refractivity (Wildman–Crippen MR) is 95.3 cm³/mol. The Morgan fingerprint density at radius 3 is 2.88 bits per heavy atom. The van der Waals surface area contributed by atoms with Crippen molar-refractivity contribution in [2.75, 3.05) is 32.8 Å². The highest BCUT2D eigenvalue weighted by molar-refractivity contribution is 7.12. The Bertz CT molecular complexity index is 533. The zero-order valence-corrected chi connectivity index (χ0v) is 15.4. The van der Waals surface area contributed by atoms with Gasteiger partial charge in [-0.05, 0) is 24.3 Å². The highest BCUT2D eigenvalue weighted by atomic mass is 32.1. The maximum Gasteiger partial charge on any atom is 0.261 e. The van der Waals surface area contributed by atoms with E-state index in [0.717, 1.165) is 19.6 Å². The van der Waals surface area contributed by atoms with Crippen molar-refractivity contribution in [2.45, 2.75) is 32.9 Å². The van der Waals surface area contributed by atoms with Crippen molar-refractivity contribution in [3.05, 3.63) is 22.4 Å². The van der Waals surface area contributed by atoms with Crippen LogP contribution in [0.2, 0.25) is 0 Å². The van der Waals surface area contributed by atoms with Gasteiger partial charge in [-0.3, -0.25) is 14.5 Å². The van der Waals surface area contributed by atoms with Gasteiger partial charge in [0.2, 0.25) is 5.91 Å². The van der Waals surface area contributed by atoms with Gasteiger partial charge in [-0.2, -0.15) is 0 Å². The van der Waals surface area contributed by atoms with Gasteiger partial charge < -0.3 is 15.4 Å². The molecule has 0 aliphatic carbocycles. The van der Waals surface area contributed by atoms with Gasteiger partial charge in [-0.15, -0.1) is 11.3 Å². The van der Waals surface area contributed by atoms with E-state index in [4.69, 9.17) is 4.74 Å². The first-order valence-corrected chi connectivity index (χ1v) is 9.29. The number of hydrogen-bond donors (Lipinski definition) is 2. The third kappa shape index (κ3) is 5.89. The molecular formula is C17H27N3O3S. The lowest BCUT2D eigenvalue weighted by atomic mass is 10.2. The average Bonchev–Trinajstić information content (AvgIpc) is 3.06. The van der Waals surface area contributed by atoms with Gasteiger partial charge in [-0.25, -0.2) is 0 Å². The van der Waals surface area contributed by atoms with Crippen LogP contribution in [0.4, 0.5) is 0 Å². The normalized spacial score (nSPS) is 19.9. The highest BCUT2D eigenvalue weighted by Crippen LogP contribution is 2.09. The summed E-state index contributed by atoms with van der Waals surface area (Å²) in [7, 11) is 0. The lowest BCUT2D eigenvalue weighted by Crippen LogP contribution is -2.51. The van der Waals surface area contributed by atoms with Crippen LogP contribution in [0.25, 0.3) is 0 Å². The number of hydrogen-bond acceptors (Lipinski definition) is 5. The number of nitrogens with one attached hydrogen (secondary N) is 2. The van der Waals surface area contributed by atoms with E-state index >= 15 is 0 Å². The summed E-state index contributed by atoms with van der Waals surface area (Å²) < 4.78 is 5.72. The molecule has 2 amide bonds. The third-order valence-corrected chi connectivity index (χ3v) is 4.70. The zero-order chi connectivity index (χ0) is 17.5. The summed E-state index contributed by atoms with van der Waals surface area (Å²) in [5.74, 6) is 0.208. The van der Waals surface area contributed by atoms with Gasteiger partial charge in [-0.1, -0.05) is 19.9 Å². The van der Waals surface area contributed by atoms with Crippen LogP contribution in [0.3, 0.4) is 0 Å². The first-order valence-electron chi connectivity index (χ1n) is 8.41. The topological polar surface area (TPSA) is 70.7 Å². The SMILES string of the molecule is CC(C)CN1CCOC(CNC(=O)C(C)NC(=O)c2cccs2)C1. The van der Waals surface area contributed by atoms with Crippen molar-refractivity contribution < 1.29 is 14.3 Å². The predicted octanol–water partition coefficient (Wildman–Crippen LogP) is 1.34. The number of carbonyl (C=O) groups excluding carboxylic acids is 2. The summed E-state index contributed by atoms with van der Waals surface area (Å²) in [4.78, 5) is 27.1. The van der Waals surface area contributed by atoms with E-state index in [0.29, 0.717) is 23.9 Å². The Balaban J connectivity index is 1.72. The molecule has 0 bridgehead atoms. The lowest BCUT2D eigenvalue weighted by molar-refractivity contribution is -0.123. The summed E-state index contributed by atoms with van der Waals surface area (Å²) in [6.07, 6.45) is 0.00153. The minimum atomic E-state index is -0.574. The van der Waals surface area contributed by atoms with E-state index in [9.17, 15) is 9.59 Å². The van der Waals surface area contributed by atoms with Crippen molar-refractivity contribution in [1.29, 1.82) is 0 Å². The standard InChI is InChI=1S/C17H27N3O3S/c1-12(2)10-20-6-7-23-14(11-20)9-18-16(21)13(3)19-17(22)15-5-4-8-24-15/h4-5,8,12-14H,6-7,9-11H2,1-3H3,(H,18,21)(H,19,22). The fraction of sp³-hybridized carbons (Fsp3) is 0.647. The summed E-state index contributed by atoms with van der Waals surface area (Å²) in [5.41, 5.74) is 0. The molecule has 0 saturated carbocycles. The molecule has 24 heavy (non-hydrogen) atoms. The smallest absolute Gasteiger partial charge is 0.261 e. The Morgan fingerprint density at radius 1 is 1.42 bits per heavy atom. The number of rotatable bonds is 7. The number of nitrogens with zero attached hydrogens (tertiary/aromatic N) is 1. The van der Waals surface area contributed by atoms with E-state index in [1.807, 2.05) is 11.4 Å². The Hall–Kier alpha value is -1.44. The van der Waals surface area contributed by atoms with Crippen molar-refractivity contribution in [3.8, 4) is 0 Å². The van der Waals surface area contributed by atoms with Crippen molar-refractivity contribution in [3.63, 3.8) is 0 Å². The molecule has 0 radical (unpaired) electrons. The van der Waals surface area contributed by atoms with E-state index in [-0.39, 0.29) is 17.9 Å². The van der Waals surface area contributed by atoms with E-state index in [1.54, 1.807) is 13.0 Å². The van der Waals surface area contributed by atoms with Crippen LogP contribution in [0.1, 0.15) is 30.4 Å². The van der Waals surface area contributed by atoms with Crippen LogP contribution in [0.5, 0.6) is 0 Å². The number of ether oxygens (including phenoxy) is 1. The molecule has 2 heterocycles. The Labute approximate surface area is 147 Å². The van der Waals surface area contributed by atoms with Gasteiger partial charge in [0.25, 0.3) is 5.91 Å². The van der Waals surface area contributed by atoms with Crippen molar-refractivity contribution >= 4 is 23.2 Å². The minimum Gasteiger partial charge on any atom is -0.374 e. The van der Waals surface area contributed by atoms with Crippen molar-refractivity contribution in [1.82, 2.24) is 15.5 Å². The minimum absolute atomic E-state index is 0.00153. The molecule has 1 aliphatic rings. The van der Waals surface area contributed by atoms with Crippen LogP contribution in [0.15, 0.2) is 17.5 Å². The molecule has 0 spiro atoms. The summed E-state index contributed by atoms with van der Waals surface area (Å²) in [6.45, 7) is 10.1. The maximum atomic E-state index is 12.2. The van der Waals surface area contributed by atoms with Crippen LogP contribution in [-0.2, 0) is 9.53 Å². The van der Waals surface area contributed by atoms with Gasteiger partial charge in [0.15, 0.2) is 0 Å². The quantitative estimate of drug-likeness (QED) is 0.776. The molecular weight excluding hydrogens is 326 g/mol. The highest BCUT2D eigenvalue weighted by Gasteiger charge is 2.23. The molecule has 1 aromatic rings. The van der Waals surface area contributed by atoms with E-state index in [2.05, 4.69) is 29.4 Å². The van der Waals surface area contributed by atoms with Gasteiger partial charge in [0.05, 0.1) is 17.6 Å². The molecule has 2 N–H and O–H groups in total. The van der Waals surface area contributed by atoms with Gasteiger partial charge in [0.1, 0.15) is 6.04 Å². The third-order valence-electron chi connectivity index (χ3n) is 3.84. The molecule has 0 aromatic carbocycles. The first kappa shape index (κ1) is 18.9. The van der Waals surface area contributed by atoms with Gasteiger partial charge >= 0.3 is 0 Å². The zero-order valence-electron chi connectivity index (χ0n) is 14.6. The number of thiophene rings is 1.